The van der Waals surface area contributed by atoms with Crippen LogP contribution in [0.2, 0.25) is 0 Å². The fourth-order valence-corrected chi connectivity index (χ4v) is 3.37. The van der Waals surface area contributed by atoms with E-state index in [1.165, 1.54) is 6.20 Å². The lowest BCUT2D eigenvalue weighted by atomic mass is 10.0. The zero-order chi connectivity index (χ0) is 18.3. The summed E-state index contributed by atoms with van der Waals surface area (Å²) in [5, 5.41) is 2.29. The molecule has 2 heterocycles. The van der Waals surface area contributed by atoms with Crippen molar-refractivity contribution in [2.75, 3.05) is 0 Å². The molecule has 1 saturated heterocycles. The predicted octanol–water partition coefficient (Wildman–Crippen LogP) is 2.08. The summed E-state index contributed by atoms with van der Waals surface area (Å²) in [6, 6.07) is 9.08. The van der Waals surface area contributed by atoms with Gasteiger partial charge in [0.25, 0.3) is 5.91 Å². The summed E-state index contributed by atoms with van der Waals surface area (Å²) >= 11 is 0. The number of amides is 3. The number of pyridine rings is 1. The van der Waals surface area contributed by atoms with Gasteiger partial charge in [0.05, 0.1) is 12.0 Å². The minimum absolute atomic E-state index is 0.0202. The van der Waals surface area contributed by atoms with Crippen LogP contribution in [-0.4, -0.2) is 39.7 Å². The van der Waals surface area contributed by atoms with Crippen molar-refractivity contribution < 1.29 is 14.4 Å². The van der Waals surface area contributed by atoms with Gasteiger partial charge in [0, 0.05) is 24.0 Å². The van der Waals surface area contributed by atoms with Gasteiger partial charge in [-0.3, -0.25) is 24.7 Å². The van der Waals surface area contributed by atoms with Crippen LogP contribution >= 0.6 is 0 Å². The molecule has 1 aromatic heterocycles. The maximum Gasteiger partial charge on any atom is 0.256 e. The Balaban J connectivity index is 1.66. The lowest BCUT2D eigenvalue weighted by Crippen LogP contribution is -2.46. The third-order valence-corrected chi connectivity index (χ3v) is 4.79. The van der Waals surface area contributed by atoms with Crippen molar-refractivity contribution in [3.63, 3.8) is 0 Å². The quantitative estimate of drug-likeness (QED) is 0.857. The summed E-state index contributed by atoms with van der Waals surface area (Å²) < 4.78 is 0. The maximum atomic E-state index is 13.1. The van der Waals surface area contributed by atoms with E-state index in [1.807, 2.05) is 31.2 Å². The maximum absolute atomic E-state index is 13.1. The third kappa shape index (κ3) is 3.10. The van der Waals surface area contributed by atoms with Crippen molar-refractivity contribution >= 4 is 17.7 Å². The second-order valence-corrected chi connectivity index (χ2v) is 6.91. The minimum atomic E-state index is -0.717. The molecule has 26 heavy (non-hydrogen) atoms. The average molecular weight is 349 g/mol. The van der Waals surface area contributed by atoms with Gasteiger partial charge in [0.2, 0.25) is 11.8 Å². The lowest BCUT2D eigenvalue weighted by molar-refractivity contribution is -0.126. The minimum Gasteiger partial charge on any atom is -0.323 e. The Morgan fingerprint density at radius 2 is 1.96 bits per heavy atom. The molecular formula is C20H19N3O3. The van der Waals surface area contributed by atoms with Crippen LogP contribution in [0.4, 0.5) is 0 Å². The molecule has 1 saturated carbocycles. The Morgan fingerprint density at radius 1 is 1.15 bits per heavy atom. The first-order chi connectivity index (χ1) is 12.5. The summed E-state index contributed by atoms with van der Waals surface area (Å²) in [6.45, 7) is 2.01. The van der Waals surface area contributed by atoms with Gasteiger partial charge >= 0.3 is 0 Å². The van der Waals surface area contributed by atoms with Crippen LogP contribution in [0.25, 0.3) is 11.1 Å². The standard InChI is InChI=1S/C20H19N3O3/c1-12-3-2-4-13(7-12)14-8-15(11-21-10-14)20(26)23(16-5-6-16)17-9-18(24)22-19(17)25/h2-4,7-8,10-11,16-17H,5-6,9H2,1H3,(H,22,24,25)/t17-/m1/s1. The van der Waals surface area contributed by atoms with Crippen molar-refractivity contribution in [3.8, 4) is 11.1 Å². The first kappa shape index (κ1) is 16.4. The highest BCUT2D eigenvalue weighted by Crippen LogP contribution is 2.32. The van der Waals surface area contributed by atoms with E-state index in [-0.39, 0.29) is 24.3 Å². The molecule has 0 unspecified atom stereocenters. The first-order valence-electron chi connectivity index (χ1n) is 8.71. The molecule has 6 nitrogen and oxygen atoms in total. The number of imide groups is 1. The van der Waals surface area contributed by atoms with Crippen molar-refractivity contribution in [2.24, 2.45) is 0 Å². The van der Waals surface area contributed by atoms with E-state index in [9.17, 15) is 14.4 Å². The second-order valence-electron chi connectivity index (χ2n) is 6.91. The number of rotatable bonds is 4. The molecule has 0 radical (unpaired) electrons. The van der Waals surface area contributed by atoms with E-state index in [2.05, 4.69) is 10.3 Å². The molecule has 3 amide bonds. The van der Waals surface area contributed by atoms with E-state index in [4.69, 9.17) is 0 Å². The van der Waals surface area contributed by atoms with Crippen molar-refractivity contribution in [2.45, 2.75) is 38.3 Å². The SMILES string of the molecule is Cc1cccc(-c2cncc(C(=O)N(C3CC3)[C@@H]3CC(=O)NC3=O)c2)c1. The number of carbonyl (C=O) groups is 3. The van der Waals surface area contributed by atoms with Gasteiger partial charge < -0.3 is 4.90 Å². The highest BCUT2D eigenvalue weighted by Gasteiger charge is 2.44. The fourth-order valence-electron chi connectivity index (χ4n) is 3.37. The van der Waals surface area contributed by atoms with E-state index in [1.54, 1.807) is 17.2 Å². The van der Waals surface area contributed by atoms with Crippen LogP contribution in [0.3, 0.4) is 0 Å². The number of nitrogens with one attached hydrogen (secondary N) is 1. The second kappa shape index (κ2) is 6.37. The van der Waals surface area contributed by atoms with Crippen molar-refractivity contribution in [1.82, 2.24) is 15.2 Å². The number of carbonyl (C=O) groups excluding carboxylic acids is 3. The van der Waals surface area contributed by atoms with Gasteiger partial charge in [-0.25, -0.2) is 0 Å². The number of nitrogens with zero attached hydrogens (tertiary/aromatic N) is 2. The molecule has 1 N–H and O–H groups in total. The molecule has 0 bridgehead atoms. The summed E-state index contributed by atoms with van der Waals surface area (Å²) in [6.07, 6.45) is 4.99. The van der Waals surface area contributed by atoms with Crippen LogP contribution in [0, 0.1) is 6.92 Å². The number of aryl methyl sites for hydroxylation is 1. The third-order valence-electron chi connectivity index (χ3n) is 4.79. The Labute approximate surface area is 151 Å². The highest BCUT2D eigenvalue weighted by molar-refractivity contribution is 6.08. The van der Waals surface area contributed by atoms with Gasteiger partial charge in [-0.05, 0) is 31.4 Å². The van der Waals surface area contributed by atoms with E-state index >= 15 is 0 Å². The topological polar surface area (TPSA) is 79.4 Å². The normalized spacial score (nSPS) is 19.3. The van der Waals surface area contributed by atoms with Crippen molar-refractivity contribution in [1.29, 1.82) is 0 Å². The summed E-state index contributed by atoms with van der Waals surface area (Å²) in [7, 11) is 0. The van der Waals surface area contributed by atoms with Crippen LogP contribution in [0.1, 0.15) is 35.2 Å². The Kier molecular flexibility index (Phi) is 4.03. The average Bonchev–Trinajstić information content (AvgIpc) is 3.40. The van der Waals surface area contributed by atoms with Crippen LogP contribution in [0.15, 0.2) is 42.7 Å². The van der Waals surface area contributed by atoms with E-state index in [0.29, 0.717) is 5.56 Å². The lowest BCUT2D eigenvalue weighted by Gasteiger charge is -2.26. The molecule has 1 aliphatic carbocycles. The molecule has 2 aliphatic rings. The largest absolute Gasteiger partial charge is 0.323 e. The van der Waals surface area contributed by atoms with Gasteiger partial charge in [0.15, 0.2) is 0 Å². The summed E-state index contributed by atoms with van der Waals surface area (Å²) in [5.41, 5.74) is 3.39. The first-order valence-corrected chi connectivity index (χ1v) is 8.71. The van der Waals surface area contributed by atoms with Crippen LogP contribution < -0.4 is 5.32 Å². The van der Waals surface area contributed by atoms with E-state index in [0.717, 1.165) is 29.5 Å². The van der Waals surface area contributed by atoms with Crippen LogP contribution in [-0.2, 0) is 9.59 Å². The van der Waals surface area contributed by atoms with E-state index < -0.39 is 11.9 Å². The van der Waals surface area contributed by atoms with Gasteiger partial charge in [-0.2, -0.15) is 0 Å². The zero-order valence-electron chi connectivity index (χ0n) is 14.4. The monoisotopic (exact) mass is 349 g/mol. The fraction of sp³-hybridized carbons (Fsp3) is 0.300. The number of benzene rings is 1. The molecular weight excluding hydrogens is 330 g/mol. The van der Waals surface area contributed by atoms with Gasteiger partial charge in [-0.1, -0.05) is 29.8 Å². The van der Waals surface area contributed by atoms with Crippen molar-refractivity contribution in [3.05, 3.63) is 53.9 Å². The molecule has 1 atom stereocenters. The predicted molar refractivity (Wildman–Crippen MR) is 95.2 cm³/mol. The Hall–Kier alpha value is -3.02. The molecule has 2 aromatic rings. The highest BCUT2D eigenvalue weighted by atomic mass is 16.2. The Morgan fingerprint density at radius 3 is 2.62 bits per heavy atom. The summed E-state index contributed by atoms with van der Waals surface area (Å²) in [4.78, 5) is 42.5. The molecule has 6 heteroatoms. The van der Waals surface area contributed by atoms with Gasteiger partial charge in [0.1, 0.15) is 6.04 Å². The number of hydrogen-bond donors (Lipinski definition) is 1. The number of hydrogen-bond acceptors (Lipinski definition) is 4. The molecule has 132 valence electrons. The Bertz CT molecular complexity index is 905. The summed E-state index contributed by atoms with van der Waals surface area (Å²) in [5.74, 6) is -0.965. The molecule has 4 rings (SSSR count). The van der Waals surface area contributed by atoms with Crippen LogP contribution in [0.5, 0.6) is 0 Å². The smallest absolute Gasteiger partial charge is 0.256 e. The molecule has 1 aromatic carbocycles. The van der Waals surface area contributed by atoms with Gasteiger partial charge in [-0.15, -0.1) is 0 Å². The molecule has 2 fully saturated rings. The number of aromatic nitrogens is 1. The molecule has 1 aliphatic heterocycles. The molecule has 0 spiro atoms. The zero-order valence-corrected chi connectivity index (χ0v) is 14.4.